The lowest BCUT2D eigenvalue weighted by Crippen LogP contribution is -2.58. The van der Waals surface area contributed by atoms with Crippen LogP contribution in [0.3, 0.4) is 0 Å². The fourth-order valence-corrected chi connectivity index (χ4v) is 3.92. The van der Waals surface area contributed by atoms with Crippen molar-refractivity contribution in [3.05, 3.63) is 34.9 Å². The molecule has 1 amide bonds. The predicted octanol–water partition coefficient (Wildman–Crippen LogP) is 0.862. The highest BCUT2D eigenvalue weighted by Crippen LogP contribution is 2.24. The van der Waals surface area contributed by atoms with E-state index in [1.54, 1.807) is 12.1 Å². The van der Waals surface area contributed by atoms with Crippen molar-refractivity contribution >= 4 is 27.3 Å². The summed E-state index contributed by atoms with van der Waals surface area (Å²) in [5, 5.41) is 3.77. The molecule has 0 spiro atoms. The van der Waals surface area contributed by atoms with Crippen molar-refractivity contribution in [3.8, 4) is 0 Å². The molecule has 0 atom stereocenters. The molecule has 5 nitrogen and oxygen atoms in total. The Kier molecular flexibility index (Phi) is 4.36. The van der Waals surface area contributed by atoms with Gasteiger partial charge in [0.1, 0.15) is 9.84 Å². The van der Waals surface area contributed by atoms with Crippen LogP contribution in [0.15, 0.2) is 24.3 Å². The highest BCUT2D eigenvalue weighted by molar-refractivity contribution is 7.91. The first-order chi connectivity index (χ1) is 9.33. The third-order valence-electron chi connectivity index (χ3n) is 3.70. The summed E-state index contributed by atoms with van der Waals surface area (Å²) in [6.07, 6.45) is 0.441. The van der Waals surface area contributed by atoms with Gasteiger partial charge in [0.25, 0.3) is 0 Å². The summed E-state index contributed by atoms with van der Waals surface area (Å²) in [5.74, 6) is -0.519. The molecule has 1 fully saturated rings. The van der Waals surface area contributed by atoms with Crippen LogP contribution in [0.25, 0.3) is 0 Å². The highest BCUT2D eigenvalue weighted by Gasteiger charge is 2.41. The fourth-order valence-electron chi connectivity index (χ4n) is 2.27. The number of nitrogens with two attached hydrogens (primary N) is 1. The molecule has 0 saturated carbocycles. The average Bonchev–Trinajstić information content (AvgIpc) is 2.39. The van der Waals surface area contributed by atoms with Gasteiger partial charge >= 0.3 is 0 Å². The van der Waals surface area contributed by atoms with E-state index in [0.717, 1.165) is 5.56 Å². The van der Waals surface area contributed by atoms with E-state index in [2.05, 4.69) is 5.32 Å². The Morgan fingerprint density at radius 3 is 2.30 bits per heavy atom. The standard InChI is InChI=1S/C13H17ClN2O3S/c14-11-3-1-10(2-4-11)9-16-13(12(15)17)5-7-20(18,19)8-6-13/h1-4,16H,5-9H2,(H2,15,17). The van der Waals surface area contributed by atoms with Gasteiger partial charge in [0.2, 0.25) is 5.91 Å². The largest absolute Gasteiger partial charge is 0.368 e. The van der Waals surface area contributed by atoms with E-state index in [1.165, 1.54) is 0 Å². The third kappa shape index (κ3) is 3.50. The molecule has 20 heavy (non-hydrogen) atoms. The number of primary amides is 1. The molecule has 0 aliphatic carbocycles. The number of carbonyl (C=O) groups excluding carboxylic acids is 1. The summed E-state index contributed by atoms with van der Waals surface area (Å²) in [4.78, 5) is 11.7. The van der Waals surface area contributed by atoms with Crippen molar-refractivity contribution in [3.63, 3.8) is 0 Å². The molecule has 1 aromatic rings. The molecule has 2 rings (SSSR count). The summed E-state index contributed by atoms with van der Waals surface area (Å²) < 4.78 is 23.0. The van der Waals surface area contributed by atoms with E-state index in [0.29, 0.717) is 11.6 Å². The topological polar surface area (TPSA) is 89.3 Å². The lowest BCUT2D eigenvalue weighted by Gasteiger charge is -2.35. The Morgan fingerprint density at radius 1 is 1.25 bits per heavy atom. The van der Waals surface area contributed by atoms with Gasteiger partial charge < -0.3 is 5.73 Å². The number of hydrogen-bond donors (Lipinski definition) is 2. The van der Waals surface area contributed by atoms with Gasteiger partial charge in [-0.2, -0.15) is 0 Å². The second-order valence-corrected chi connectivity index (χ2v) is 7.82. The van der Waals surface area contributed by atoms with Crippen LogP contribution in [0.1, 0.15) is 18.4 Å². The van der Waals surface area contributed by atoms with Gasteiger partial charge in [0, 0.05) is 11.6 Å². The molecule has 1 aliphatic rings. The maximum atomic E-state index is 11.7. The first-order valence-electron chi connectivity index (χ1n) is 6.33. The number of benzene rings is 1. The summed E-state index contributed by atoms with van der Waals surface area (Å²) in [6.45, 7) is 0.445. The zero-order valence-corrected chi connectivity index (χ0v) is 12.5. The van der Waals surface area contributed by atoms with Crippen molar-refractivity contribution in [1.29, 1.82) is 0 Å². The number of amides is 1. The molecule has 3 N–H and O–H groups in total. The molecule has 7 heteroatoms. The molecule has 0 unspecified atom stereocenters. The second-order valence-electron chi connectivity index (χ2n) is 5.08. The van der Waals surface area contributed by atoms with Crippen molar-refractivity contribution in [2.75, 3.05) is 11.5 Å². The van der Waals surface area contributed by atoms with E-state index in [1.807, 2.05) is 12.1 Å². The number of carbonyl (C=O) groups is 1. The van der Waals surface area contributed by atoms with Crippen LogP contribution in [0.5, 0.6) is 0 Å². The summed E-state index contributed by atoms with van der Waals surface area (Å²) in [5.41, 5.74) is 5.48. The Balaban J connectivity index is 2.07. The monoisotopic (exact) mass is 316 g/mol. The van der Waals surface area contributed by atoms with E-state index in [4.69, 9.17) is 17.3 Å². The average molecular weight is 317 g/mol. The summed E-state index contributed by atoms with van der Waals surface area (Å²) in [7, 11) is -3.04. The molecular weight excluding hydrogens is 300 g/mol. The molecule has 0 aromatic heterocycles. The van der Waals surface area contributed by atoms with Gasteiger partial charge in [-0.05, 0) is 30.5 Å². The molecule has 0 bridgehead atoms. The summed E-state index contributed by atoms with van der Waals surface area (Å²) in [6, 6.07) is 7.23. The van der Waals surface area contributed by atoms with Crippen LogP contribution >= 0.6 is 11.6 Å². The first kappa shape index (κ1) is 15.3. The van der Waals surface area contributed by atoms with E-state index in [9.17, 15) is 13.2 Å². The van der Waals surface area contributed by atoms with Crippen molar-refractivity contribution in [2.45, 2.75) is 24.9 Å². The molecule has 1 saturated heterocycles. The predicted molar refractivity (Wildman–Crippen MR) is 78.1 cm³/mol. The van der Waals surface area contributed by atoms with Crippen LogP contribution in [-0.2, 0) is 21.2 Å². The Hall–Kier alpha value is -1.11. The quantitative estimate of drug-likeness (QED) is 0.862. The minimum absolute atomic E-state index is 0.0104. The minimum atomic E-state index is -3.04. The van der Waals surface area contributed by atoms with Gasteiger partial charge in [-0.1, -0.05) is 23.7 Å². The van der Waals surface area contributed by atoms with Crippen LogP contribution in [0.4, 0.5) is 0 Å². The molecule has 0 radical (unpaired) electrons. The normalized spacial score (nSPS) is 20.4. The number of sulfone groups is 1. The van der Waals surface area contributed by atoms with E-state index >= 15 is 0 Å². The minimum Gasteiger partial charge on any atom is -0.368 e. The number of rotatable bonds is 4. The van der Waals surface area contributed by atoms with Crippen molar-refractivity contribution < 1.29 is 13.2 Å². The van der Waals surface area contributed by atoms with E-state index < -0.39 is 21.3 Å². The smallest absolute Gasteiger partial charge is 0.237 e. The van der Waals surface area contributed by atoms with Gasteiger partial charge in [-0.15, -0.1) is 0 Å². The number of halogens is 1. The first-order valence-corrected chi connectivity index (χ1v) is 8.53. The molecule has 1 aromatic carbocycles. The van der Waals surface area contributed by atoms with Gasteiger partial charge in [-0.25, -0.2) is 8.42 Å². The van der Waals surface area contributed by atoms with Crippen molar-refractivity contribution in [1.82, 2.24) is 5.32 Å². The SMILES string of the molecule is NC(=O)C1(NCc2ccc(Cl)cc2)CCS(=O)(=O)CC1. The Bertz CT molecular complexity index is 585. The van der Waals surface area contributed by atoms with Crippen LogP contribution in [-0.4, -0.2) is 31.4 Å². The maximum Gasteiger partial charge on any atom is 0.237 e. The van der Waals surface area contributed by atoms with Crippen LogP contribution in [0, 0.1) is 0 Å². The van der Waals surface area contributed by atoms with Crippen LogP contribution < -0.4 is 11.1 Å². The third-order valence-corrected chi connectivity index (χ3v) is 5.60. The fraction of sp³-hybridized carbons (Fsp3) is 0.462. The molecule has 1 heterocycles. The van der Waals surface area contributed by atoms with Crippen LogP contribution in [0.2, 0.25) is 5.02 Å². The van der Waals surface area contributed by atoms with E-state index in [-0.39, 0.29) is 24.3 Å². The Labute approximate surface area is 123 Å². The maximum absolute atomic E-state index is 11.7. The lowest BCUT2D eigenvalue weighted by atomic mass is 9.91. The molecule has 1 aliphatic heterocycles. The Morgan fingerprint density at radius 2 is 1.80 bits per heavy atom. The zero-order valence-electron chi connectivity index (χ0n) is 10.9. The molecule has 110 valence electrons. The lowest BCUT2D eigenvalue weighted by molar-refractivity contribution is -0.124. The van der Waals surface area contributed by atoms with Gasteiger partial charge in [0.15, 0.2) is 0 Å². The number of hydrogen-bond acceptors (Lipinski definition) is 4. The summed E-state index contributed by atoms with van der Waals surface area (Å²) >= 11 is 5.81. The molecular formula is C13H17ClN2O3S. The second kappa shape index (κ2) is 5.71. The zero-order chi connectivity index (χ0) is 14.8. The van der Waals surface area contributed by atoms with Crippen molar-refractivity contribution in [2.24, 2.45) is 5.73 Å². The van der Waals surface area contributed by atoms with Gasteiger partial charge in [0.05, 0.1) is 17.0 Å². The highest BCUT2D eigenvalue weighted by atomic mass is 35.5. The van der Waals surface area contributed by atoms with Gasteiger partial charge in [-0.3, -0.25) is 10.1 Å². The number of nitrogens with one attached hydrogen (secondary N) is 1.